The van der Waals surface area contributed by atoms with Gasteiger partial charge < -0.3 is 9.72 Å². The lowest BCUT2D eigenvalue weighted by atomic mass is 10.2. The third-order valence-corrected chi connectivity index (χ3v) is 2.37. The molecule has 0 radical (unpaired) electrons. The molecule has 1 aromatic heterocycles. The summed E-state index contributed by atoms with van der Waals surface area (Å²) in [4.78, 5) is 18.7. The summed E-state index contributed by atoms with van der Waals surface area (Å²) in [5.74, 6) is 0.557. The standard InChI is InChI=1S/C11H12N2O2/c1-7(15-2)10-12-9-6-4-3-5-8(9)11(14)13-10/h3-7H,1-2H3,(H,12,13,14). The number of para-hydroxylation sites is 1. The van der Waals surface area contributed by atoms with Gasteiger partial charge in [-0.05, 0) is 19.1 Å². The topological polar surface area (TPSA) is 55.0 Å². The van der Waals surface area contributed by atoms with Gasteiger partial charge in [-0.2, -0.15) is 0 Å². The number of ether oxygens (including phenoxy) is 1. The predicted octanol–water partition coefficient (Wildman–Crippen LogP) is 1.63. The Bertz CT molecular complexity index is 533. The molecule has 0 amide bonds. The van der Waals surface area contributed by atoms with Crippen LogP contribution < -0.4 is 5.56 Å². The van der Waals surface area contributed by atoms with Crippen molar-refractivity contribution >= 4 is 10.9 Å². The molecule has 0 aliphatic heterocycles. The van der Waals surface area contributed by atoms with Crippen LogP contribution >= 0.6 is 0 Å². The van der Waals surface area contributed by atoms with Crippen LogP contribution in [0.3, 0.4) is 0 Å². The monoisotopic (exact) mass is 204 g/mol. The summed E-state index contributed by atoms with van der Waals surface area (Å²) in [6.07, 6.45) is -0.206. The smallest absolute Gasteiger partial charge is 0.258 e. The van der Waals surface area contributed by atoms with Gasteiger partial charge in [0.2, 0.25) is 0 Å². The molecular weight excluding hydrogens is 192 g/mol. The van der Waals surface area contributed by atoms with Gasteiger partial charge in [0.15, 0.2) is 0 Å². The minimum Gasteiger partial charge on any atom is -0.374 e. The number of fused-ring (bicyclic) bond motifs is 1. The van der Waals surface area contributed by atoms with Gasteiger partial charge in [-0.1, -0.05) is 12.1 Å². The van der Waals surface area contributed by atoms with Crippen molar-refractivity contribution in [3.05, 3.63) is 40.4 Å². The molecule has 0 spiro atoms. The normalized spacial score (nSPS) is 12.9. The van der Waals surface area contributed by atoms with E-state index in [4.69, 9.17) is 4.74 Å². The molecule has 1 aromatic carbocycles. The molecule has 0 aliphatic rings. The second kappa shape index (κ2) is 3.82. The van der Waals surface area contributed by atoms with Crippen LogP contribution in [0.25, 0.3) is 10.9 Å². The minimum atomic E-state index is -0.206. The van der Waals surface area contributed by atoms with E-state index in [-0.39, 0.29) is 11.7 Å². The van der Waals surface area contributed by atoms with Crippen molar-refractivity contribution in [2.75, 3.05) is 7.11 Å². The van der Waals surface area contributed by atoms with Crippen LogP contribution in [-0.4, -0.2) is 17.1 Å². The Labute approximate surface area is 86.9 Å². The minimum absolute atomic E-state index is 0.125. The van der Waals surface area contributed by atoms with E-state index in [9.17, 15) is 4.79 Å². The molecule has 1 atom stereocenters. The fraction of sp³-hybridized carbons (Fsp3) is 0.273. The van der Waals surface area contributed by atoms with Gasteiger partial charge in [-0.25, -0.2) is 4.98 Å². The number of H-pyrrole nitrogens is 1. The van der Waals surface area contributed by atoms with E-state index in [1.807, 2.05) is 25.1 Å². The van der Waals surface area contributed by atoms with E-state index < -0.39 is 0 Å². The van der Waals surface area contributed by atoms with E-state index in [0.717, 1.165) is 0 Å². The molecule has 0 fully saturated rings. The molecule has 1 unspecified atom stereocenters. The van der Waals surface area contributed by atoms with Gasteiger partial charge in [-0.15, -0.1) is 0 Å². The summed E-state index contributed by atoms with van der Waals surface area (Å²) < 4.78 is 5.11. The van der Waals surface area contributed by atoms with E-state index in [1.54, 1.807) is 13.2 Å². The number of nitrogens with zero attached hydrogens (tertiary/aromatic N) is 1. The predicted molar refractivity (Wildman–Crippen MR) is 57.8 cm³/mol. The van der Waals surface area contributed by atoms with Crippen molar-refractivity contribution in [1.82, 2.24) is 9.97 Å². The van der Waals surface area contributed by atoms with Crippen LogP contribution in [0.1, 0.15) is 18.9 Å². The van der Waals surface area contributed by atoms with Gasteiger partial charge in [0.05, 0.1) is 10.9 Å². The molecule has 2 rings (SSSR count). The van der Waals surface area contributed by atoms with Crippen LogP contribution in [0.4, 0.5) is 0 Å². The Morgan fingerprint density at radius 3 is 2.87 bits per heavy atom. The zero-order valence-corrected chi connectivity index (χ0v) is 8.65. The molecular formula is C11H12N2O2. The average Bonchev–Trinajstić information content (AvgIpc) is 2.28. The first-order valence-electron chi connectivity index (χ1n) is 4.74. The van der Waals surface area contributed by atoms with E-state index in [1.165, 1.54) is 0 Å². The molecule has 2 aromatic rings. The number of methoxy groups -OCH3 is 1. The lowest BCUT2D eigenvalue weighted by molar-refractivity contribution is 0.112. The Hall–Kier alpha value is -1.68. The number of nitrogens with one attached hydrogen (secondary N) is 1. The number of aromatic nitrogens is 2. The number of hydrogen-bond acceptors (Lipinski definition) is 3. The summed E-state index contributed by atoms with van der Waals surface area (Å²) in [5, 5.41) is 0.601. The lowest BCUT2D eigenvalue weighted by Crippen LogP contribution is -2.14. The Morgan fingerprint density at radius 1 is 1.40 bits per heavy atom. The van der Waals surface area contributed by atoms with Gasteiger partial charge in [0, 0.05) is 7.11 Å². The van der Waals surface area contributed by atoms with Crippen molar-refractivity contribution in [1.29, 1.82) is 0 Å². The van der Waals surface area contributed by atoms with Gasteiger partial charge >= 0.3 is 0 Å². The fourth-order valence-corrected chi connectivity index (χ4v) is 1.41. The third-order valence-electron chi connectivity index (χ3n) is 2.37. The van der Waals surface area contributed by atoms with Crippen LogP contribution in [0, 0.1) is 0 Å². The van der Waals surface area contributed by atoms with Crippen LogP contribution in [-0.2, 0) is 4.74 Å². The largest absolute Gasteiger partial charge is 0.374 e. The maximum Gasteiger partial charge on any atom is 0.258 e. The highest BCUT2D eigenvalue weighted by molar-refractivity contribution is 5.77. The average molecular weight is 204 g/mol. The van der Waals surface area contributed by atoms with Crippen molar-refractivity contribution in [2.24, 2.45) is 0 Å². The number of rotatable bonds is 2. The first-order chi connectivity index (χ1) is 7.22. The maximum absolute atomic E-state index is 11.7. The van der Waals surface area contributed by atoms with E-state index in [0.29, 0.717) is 16.7 Å². The summed E-state index contributed by atoms with van der Waals surface area (Å²) >= 11 is 0. The molecule has 0 aliphatic carbocycles. The molecule has 4 nitrogen and oxygen atoms in total. The number of benzene rings is 1. The molecule has 0 saturated carbocycles. The summed E-state index contributed by atoms with van der Waals surface area (Å²) in [6.45, 7) is 1.84. The molecule has 0 bridgehead atoms. The first-order valence-corrected chi connectivity index (χ1v) is 4.74. The highest BCUT2D eigenvalue weighted by atomic mass is 16.5. The third kappa shape index (κ3) is 1.76. The fourth-order valence-electron chi connectivity index (χ4n) is 1.41. The first kappa shape index (κ1) is 9.86. The van der Waals surface area contributed by atoms with Crippen molar-refractivity contribution in [2.45, 2.75) is 13.0 Å². The summed E-state index contributed by atoms with van der Waals surface area (Å²) in [5.41, 5.74) is 0.569. The molecule has 1 heterocycles. The lowest BCUT2D eigenvalue weighted by Gasteiger charge is -2.08. The molecule has 15 heavy (non-hydrogen) atoms. The quantitative estimate of drug-likeness (QED) is 0.808. The SMILES string of the molecule is COC(C)c1nc2ccccc2c(=O)[nH]1. The van der Waals surface area contributed by atoms with E-state index in [2.05, 4.69) is 9.97 Å². The van der Waals surface area contributed by atoms with Crippen LogP contribution in [0.5, 0.6) is 0 Å². The highest BCUT2D eigenvalue weighted by Gasteiger charge is 2.08. The Kier molecular flexibility index (Phi) is 2.51. The van der Waals surface area contributed by atoms with Gasteiger partial charge in [0.1, 0.15) is 11.9 Å². The van der Waals surface area contributed by atoms with Gasteiger partial charge in [0.25, 0.3) is 5.56 Å². The summed E-state index contributed by atoms with van der Waals surface area (Å²) in [7, 11) is 1.58. The second-order valence-corrected chi connectivity index (χ2v) is 3.35. The highest BCUT2D eigenvalue weighted by Crippen LogP contribution is 2.12. The van der Waals surface area contributed by atoms with Crippen molar-refractivity contribution in [3.8, 4) is 0 Å². The van der Waals surface area contributed by atoms with Gasteiger partial charge in [-0.3, -0.25) is 4.79 Å². The van der Waals surface area contributed by atoms with Crippen LogP contribution in [0.2, 0.25) is 0 Å². The second-order valence-electron chi connectivity index (χ2n) is 3.35. The van der Waals surface area contributed by atoms with Crippen molar-refractivity contribution in [3.63, 3.8) is 0 Å². The van der Waals surface area contributed by atoms with Crippen molar-refractivity contribution < 1.29 is 4.74 Å². The zero-order valence-electron chi connectivity index (χ0n) is 8.65. The molecule has 1 N–H and O–H groups in total. The van der Waals surface area contributed by atoms with Crippen LogP contribution in [0.15, 0.2) is 29.1 Å². The summed E-state index contributed by atoms with van der Waals surface area (Å²) in [6, 6.07) is 7.24. The molecule has 4 heteroatoms. The maximum atomic E-state index is 11.7. The number of hydrogen-bond donors (Lipinski definition) is 1. The number of aromatic amines is 1. The Balaban J connectivity index is 2.67. The molecule has 0 saturated heterocycles. The van der Waals surface area contributed by atoms with E-state index >= 15 is 0 Å². The zero-order chi connectivity index (χ0) is 10.8. The molecule has 78 valence electrons. The Morgan fingerprint density at radius 2 is 2.13 bits per heavy atom.